The Bertz CT molecular complexity index is 415. The van der Waals surface area contributed by atoms with E-state index in [2.05, 4.69) is 25.5 Å². The second-order valence-electron chi connectivity index (χ2n) is 2.29. The molecule has 0 spiro atoms. The molecule has 14 heavy (non-hydrogen) atoms. The van der Waals surface area contributed by atoms with E-state index in [1.54, 1.807) is 10.9 Å². The SMILES string of the molecule is O=C(Nc1nccnn1)c1cscn1. The number of carbonyl (C=O) groups is 1. The molecule has 0 bridgehead atoms. The van der Waals surface area contributed by atoms with Crippen LogP contribution in [0.5, 0.6) is 0 Å². The van der Waals surface area contributed by atoms with Crippen molar-refractivity contribution in [2.45, 2.75) is 0 Å². The third kappa shape index (κ3) is 1.88. The Balaban J connectivity index is 2.10. The Labute approximate surface area is 83.1 Å². The molecule has 2 aromatic heterocycles. The number of aromatic nitrogens is 4. The number of carbonyl (C=O) groups excluding carboxylic acids is 1. The van der Waals surface area contributed by atoms with Crippen LogP contribution in [0.15, 0.2) is 23.3 Å². The monoisotopic (exact) mass is 207 g/mol. The standard InChI is InChI=1S/C7H5N5OS/c13-6(5-3-14-4-9-5)11-7-8-1-2-10-12-7/h1-4H,(H,8,11,12,13). The first-order valence-electron chi connectivity index (χ1n) is 3.69. The van der Waals surface area contributed by atoms with Gasteiger partial charge in [0.15, 0.2) is 0 Å². The molecule has 2 heterocycles. The summed E-state index contributed by atoms with van der Waals surface area (Å²) >= 11 is 1.35. The summed E-state index contributed by atoms with van der Waals surface area (Å²) in [6, 6.07) is 0. The van der Waals surface area contributed by atoms with Crippen LogP contribution in [0.2, 0.25) is 0 Å². The zero-order chi connectivity index (χ0) is 9.80. The molecule has 0 radical (unpaired) electrons. The topological polar surface area (TPSA) is 80.7 Å². The smallest absolute Gasteiger partial charge is 0.277 e. The molecule has 0 unspecified atom stereocenters. The normalized spacial score (nSPS) is 9.71. The zero-order valence-electron chi connectivity index (χ0n) is 6.91. The fourth-order valence-electron chi connectivity index (χ4n) is 0.795. The lowest BCUT2D eigenvalue weighted by Gasteiger charge is -1.97. The van der Waals surface area contributed by atoms with Crippen LogP contribution >= 0.6 is 11.3 Å². The van der Waals surface area contributed by atoms with Gasteiger partial charge in [-0.1, -0.05) is 0 Å². The maximum absolute atomic E-state index is 11.4. The maximum atomic E-state index is 11.4. The molecular weight excluding hydrogens is 202 g/mol. The van der Waals surface area contributed by atoms with Gasteiger partial charge in [-0.2, -0.15) is 5.10 Å². The summed E-state index contributed by atoms with van der Waals surface area (Å²) in [7, 11) is 0. The van der Waals surface area contributed by atoms with E-state index in [0.717, 1.165) is 0 Å². The Morgan fingerprint density at radius 2 is 2.29 bits per heavy atom. The number of nitrogens with one attached hydrogen (secondary N) is 1. The first kappa shape index (κ1) is 8.70. The fourth-order valence-corrected chi connectivity index (χ4v) is 1.33. The van der Waals surface area contributed by atoms with Crippen molar-refractivity contribution >= 4 is 23.2 Å². The quantitative estimate of drug-likeness (QED) is 0.779. The van der Waals surface area contributed by atoms with E-state index < -0.39 is 0 Å². The van der Waals surface area contributed by atoms with E-state index in [1.165, 1.54) is 23.7 Å². The van der Waals surface area contributed by atoms with Gasteiger partial charge in [-0.05, 0) is 0 Å². The van der Waals surface area contributed by atoms with Gasteiger partial charge in [0.05, 0.1) is 17.9 Å². The van der Waals surface area contributed by atoms with E-state index in [0.29, 0.717) is 5.69 Å². The molecule has 0 aliphatic rings. The summed E-state index contributed by atoms with van der Waals surface area (Å²) in [6.07, 6.45) is 2.88. The van der Waals surface area contributed by atoms with Crippen LogP contribution in [0.25, 0.3) is 0 Å². The fraction of sp³-hybridized carbons (Fsp3) is 0. The highest BCUT2D eigenvalue weighted by atomic mass is 32.1. The first-order chi connectivity index (χ1) is 6.86. The second kappa shape index (κ2) is 3.88. The molecule has 70 valence electrons. The van der Waals surface area contributed by atoms with Crippen molar-refractivity contribution in [2.75, 3.05) is 5.32 Å². The molecule has 0 aliphatic carbocycles. The van der Waals surface area contributed by atoms with Gasteiger partial charge in [0.2, 0.25) is 5.95 Å². The summed E-state index contributed by atoms with van der Waals surface area (Å²) in [5, 5.41) is 11.3. The molecule has 1 amide bonds. The van der Waals surface area contributed by atoms with Gasteiger partial charge in [0.25, 0.3) is 5.91 Å². The number of thiazole rings is 1. The largest absolute Gasteiger partial charge is 0.288 e. The maximum Gasteiger partial charge on any atom is 0.277 e. The molecule has 6 nitrogen and oxygen atoms in total. The van der Waals surface area contributed by atoms with E-state index in [9.17, 15) is 4.79 Å². The lowest BCUT2D eigenvalue weighted by atomic mass is 10.5. The highest BCUT2D eigenvalue weighted by Crippen LogP contribution is 2.03. The minimum Gasteiger partial charge on any atom is -0.288 e. The van der Waals surface area contributed by atoms with Gasteiger partial charge in [-0.3, -0.25) is 10.1 Å². The molecule has 2 rings (SSSR count). The lowest BCUT2D eigenvalue weighted by Crippen LogP contribution is -2.14. The molecule has 7 heteroatoms. The van der Waals surface area contributed by atoms with Crippen molar-refractivity contribution in [2.24, 2.45) is 0 Å². The number of hydrogen-bond acceptors (Lipinski definition) is 6. The first-order valence-corrected chi connectivity index (χ1v) is 4.64. The van der Waals surface area contributed by atoms with E-state index in [-0.39, 0.29) is 11.9 Å². The van der Waals surface area contributed by atoms with Crippen LogP contribution in [0, 0.1) is 0 Å². The second-order valence-corrected chi connectivity index (χ2v) is 3.01. The lowest BCUT2D eigenvalue weighted by molar-refractivity contribution is 0.102. The molecule has 0 fully saturated rings. The van der Waals surface area contributed by atoms with Gasteiger partial charge >= 0.3 is 0 Å². The third-order valence-electron chi connectivity index (χ3n) is 1.37. The average Bonchev–Trinajstić information content (AvgIpc) is 2.72. The molecule has 0 saturated heterocycles. The zero-order valence-corrected chi connectivity index (χ0v) is 7.73. The van der Waals surface area contributed by atoms with Crippen molar-refractivity contribution in [3.8, 4) is 0 Å². The minimum absolute atomic E-state index is 0.172. The number of hydrogen-bond donors (Lipinski definition) is 1. The van der Waals surface area contributed by atoms with Crippen LogP contribution in [-0.4, -0.2) is 26.1 Å². The number of rotatable bonds is 2. The predicted octanol–water partition coefficient (Wildman–Crippen LogP) is 0.580. The molecule has 0 saturated carbocycles. The third-order valence-corrected chi connectivity index (χ3v) is 1.96. The predicted molar refractivity (Wildman–Crippen MR) is 49.9 cm³/mol. The Hall–Kier alpha value is -1.89. The molecule has 2 aromatic rings. The van der Waals surface area contributed by atoms with Crippen molar-refractivity contribution in [1.29, 1.82) is 0 Å². The minimum atomic E-state index is -0.334. The van der Waals surface area contributed by atoms with Crippen LogP contribution in [0.1, 0.15) is 10.5 Å². The highest BCUT2D eigenvalue weighted by Gasteiger charge is 2.08. The number of amides is 1. The molecule has 0 aliphatic heterocycles. The molecular formula is C7H5N5OS. The Morgan fingerprint density at radius 1 is 1.36 bits per heavy atom. The van der Waals surface area contributed by atoms with Crippen molar-refractivity contribution < 1.29 is 4.79 Å². The molecule has 1 N–H and O–H groups in total. The van der Waals surface area contributed by atoms with Crippen LogP contribution < -0.4 is 5.32 Å². The van der Waals surface area contributed by atoms with Crippen LogP contribution in [0.4, 0.5) is 5.95 Å². The van der Waals surface area contributed by atoms with E-state index in [1.807, 2.05) is 0 Å². The molecule has 0 atom stereocenters. The average molecular weight is 207 g/mol. The summed E-state index contributed by atoms with van der Waals surface area (Å²) in [5.74, 6) is -0.162. The van der Waals surface area contributed by atoms with Gasteiger partial charge in [-0.15, -0.1) is 16.4 Å². The Morgan fingerprint density at radius 3 is 2.93 bits per heavy atom. The van der Waals surface area contributed by atoms with Crippen LogP contribution in [-0.2, 0) is 0 Å². The number of anilines is 1. The van der Waals surface area contributed by atoms with Gasteiger partial charge < -0.3 is 0 Å². The van der Waals surface area contributed by atoms with Crippen molar-refractivity contribution in [3.63, 3.8) is 0 Å². The van der Waals surface area contributed by atoms with E-state index >= 15 is 0 Å². The summed E-state index contributed by atoms with van der Waals surface area (Å²) in [5.41, 5.74) is 1.93. The van der Waals surface area contributed by atoms with Gasteiger partial charge in [0.1, 0.15) is 5.69 Å². The van der Waals surface area contributed by atoms with E-state index in [4.69, 9.17) is 0 Å². The van der Waals surface area contributed by atoms with Gasteiger partial charge in [0, 0.05) is 5.38 Å². The van der Waals surface area contributed by atoms with Gasteiger partial charge in [-0.25, -0.2) is 9.97 Å². The van der Waals surface area contributed by atoms with Crippen molar-refractivity contribution in [3.05, 3.63) is 29.0 Å². The van der Waals surface area contributed by atoms with Crippen molar-refractivity contribution in [1.82, 2.24) is 20.2 Å². The highest BCUT2D eigenvalue weighted by molar-refractivity contribution is 7.07. The summed E-state index contributed by atoms with van der Waals surface area (Å²) in [4.78, 5) is 19.0. The summed E-state index contributed by atoms with van der Waals surface area (Å²) < 4.78 is 0. The molecule has 0 aromatic carbocycles. The summed E-state index contributed by atoms with van der Waals surface area (Å²) in [6.45, 7) is 0. The Kier molecular flexibility index (Phi) is 2.41. The number of nitrogens with zero attached hydrogens (tertiary/aromatic N) is 4. The van der Waals surface area contributed by atoms with Crippen LogP contribution in [0.3, 0.4) is 0 Å².